The number of likely N-dealkylation sites (tertiary alicyclic amines) is 1. The predicted octanol–water partition coefficient (Wildman–Crippen LogP) is 5.06. The number of hydrogen-bond acceptors (Lipinski definition) is 9. The van der Waals surface area contributed by atoms with Gasteiger partial charge in [0.05, 0.1) is 11.4 Å². The highest BCUT2D eigenvalue weighted by atomic mass is 19.1. The van der Waals surface area contributed by atoms with Gasteiger partial charge in [-0.3, -0.25) is 19.8 Å². The van der Waals surface area contributed by atoms with Gasteiger partial charge in [-0.15, -0.1) is 0 Å². The van der Waals surface area contributed by atoms with E-state index in [1.165, 1.54) is 12.4 Å². The van der Waals surface area contributed by atoms with Crippen molar-refractivity contribution in [3.05, 3.63) is 90.5 Å². The Morgan fingerprint density at radius 3 is 2.46 bits per heavy atom. The van der Waals surface area contributed by atoms with Crippen molar-refractivity contribution in [1.82, 2.24) is 30.0 Å². The van der Waals surface area contributed by atoms with Crippen molar-refractivity contribution >= 4 is 34.4 Å². The van der Waals surface area contributed by atoms with Gasteiger partial charge in [-0.1, -0.05) is 24.3 Å². The van der Waals surface area contributed by atoms with E-state index >= 15 is 4.39 Å². The lowest BCUT2D eigenvalue weighted by molar-refractivity contribution is -0.133. The molecule has 2 fully saturated rings. The quantitative estimate of drug-likeness (QED) is 0.203. The third-order valence-electron chi connectivity index (χ3n) is 8.55. The maximum atomic E-state index is 15.1. The van der Waals surface area contributed by atoms with Crippen molar-refractivity contribution in [3.8, 4) is 22.8 Å². The molecule has 0 bridgehead atoms. The molecule has 12 heteroatoms. The summed E-state index contributed by atoms with van der Waals surface area (Å²) in [5, 5.41) is 11.1. The maximum absolute atomic E-state index is 15.1. The number of para-hydroxylation sites is 1. The number of nitrogens with zero attached hydrogens (tertiary/aromatic N) is 5. The van der Waals surface area contributed by atoms with Crippen LogP contribution in [0, 0.1) is 5.82 Å². The van der Waals surface area contributed by atoms with Crippen LogP contribution in [0.15, 0.2) is 79.1 Å². The minimum Gasteiger partial charge on any atom is -0.457 e. The van der Waals surface area contributed by atoms with Crippen LogP contribution >= 0.6 is 0 Å². The van der Waals surface area contributed by atoms with Crippen LogP contribution in [0.5, 0.6) is 11.5 Å². The SMILES string of the molecule is Nc1ncnc2c1c(-c1ccc(Oc3ccccc3)cc1)nn2C1CCN(Cc2ccc(NC3CCC(=O)NC3=O)cc2F)CC1. The Morgan fingerprint density at radius 2 is 1.72 bits per heavy atom. The van der Waals surface area contributed by atoms with Crippen LogP contribution in [-0.4, -0.2) is 55.6 Å². The Balaban J connectivity index is 1.02. The molecular formula is C34H33FN8O3. The number of piperidine rings is 2. The van der Waals surface area contributed by atoms with Crippen LogP contribution in [0.25, 0.3) is 22.3 Å². The van der Waals surface area contributed by atoms with Crippen molar-refractivity contribution in [2.45, 2.75) is 44.3 Å². The Bertz CT molecular complexity index is 1890. The molecular weight excluding hydrogens is 587 g/mol. The topological polar surface area (TPSA) is 140 Å². The van der Waals surface area contributed by atoms with E-state index in [9.17, 15) is 9.59 Å². The molecule has 2 aromatic heterocycles. The van der Waals surface area contributed by atoms with Crippen LogP contribution in [0.1, 0.15) is 37.3 Å². The molecule has 2 aliphatic rings. The first kappa shape index (κ1) is 29.4. The number of amides is 2. The highest BCUT2D eigenvalue weighted by molar-refractivity contribution is 6.01. The standard InChI is InChI=1S/C34H33FN8O3/c35-27-18-23(39-28-12-13-29(44)40-34(28)45)9-6-22(27)19-42-16-14-24(15-17-42)43-33-30(32(36)37-20-38-33)31(41-43)21-7-10-26(11-8-21)46-25-4-2-1-3-5-25/h1-11,18,20,24,28,39H,12-17,19H2,(H2,36,37,38)(H,40,44,45). The summed E-state index contributed by atoms with van der Waals surface area (Å²) in [4.78, 5) is 34.5. The van der Waals surface area contributed by atoms with E-state index in [-0.39, 0.29) is 30.1 Å². The Labute approximate surface area is 264 Å². The lowest BCUT2D eigenvalue weighted by atomic mass is 10.0. The normalized spacial score (nSPS) is 17.6. The van der Waals surface area contributed by atoms with Crippen molar-refractivity contribution in [2.24, 2.45) is 0 Å². The highest BCUT2D eigenvalue weighted by Crippen LogP contribution is 2.35. The summed E-state index contributed by atoms with van der Waals surface area (Å²) in [6.07, 6.45) is 3.72. The molecule has 2 aliphatic heterocycles. The zero-order chi connectivity index (χ0) is 31.6. The average Bonchev–Trinajstić information content (AvgIpc) is 3.46. The number of nitrogens with two attached hydrogens (primary N) is 1. The fraction of sp³-hybridized carbons (Fsp3) is 0.265. The second-order valence-corrected chi connectivity index (χ2v) is 11.7. The van der Waals surface area contributed by atoms with E-state index in [2.05, 4.69) is 25.5 Å². The first-order chi connectivity index (χ1) is 22.4. The van der Waals surface area contributed by atoms with Gasteiger partial charge in [-0.2, -0.15) is 5.10 Å². The van der Waals surface area contributed by atoms with Crippen molar-refractivity contribution in [3.63, 3.8) is 0 Å². The van der Waals surface area contributed by atoms with E-state index < -0.39 is 6.04 Å². The number of hydrogen-bond donors (Lipinski definition) is 3. The van der Waals surface area contributed by atoms with Crippen molar-refractivity contribution < 1.29 is 18.7 Å². The summed E-state index contributed by atoms with van der Waals surface area (Å²) in [5.41, 5.74) is 9.74. The Kier molecular flexibility index (Phi) is 8.02. The second kappa shape index (κ2) is 12.6. The van der Waals surface area contributed by atoms with Gasteiger partial charge in [0, 0.05) is 42.9 Å². The summed E-state index contributed by atoms with van der Waals surface area (Å²) < 4.78 is 23.0. The smallest absolute Gasteiger partial charge is 0.249 e. The number of fused-ring (bicyclic) bond motifs is 1. The molecule has 0 spiro atoms. The number of aromatic nitrogens is 4. The molecule has 1 unspecified atom stereocenters. The minimum absolute atomic E-state index is 0.0902. The maximum Gasteiger partial charge on any atom is 0.249 e. The van der Waals surface area contributed by atoms with E-state index in [0.717, 1.165) is 48.3 Å². The predicted molar refractivity (Wildman–Crippen MR) is 171 cm³/mol. The number of halogens is 1. The number of nitrogens with one attached hydrogen (secondary N) is 2. The number of anilines is 2. The fourth-order valence-corrected chi connectivity index (χ4v) is 6.12. The number of carbonyl (C=O) groups excluding carboxylic acids is 2. The van der Waals surface area contributed by atoms with Gasteiger partial charge in [0.2, 0.25) is 11.8 Å². The molecule has 0 radical (unpaired) electrons. The van der Waals surface area contributed by atoms with Crippen LogP contribution in [0.2, 0.25) is 0 Å². The number of benzene rings is 3. The minimum atomic E-state index is -0.561. The van der Waals surface area contributed by atoms with E-state index in [0.29, 0.717) is 41.4 Å². The average molecular weight is 621 g/mol. The van der Waals surface area contributed by atoms with Crippen molar-refractivity contribution in [2.75, 3.05) is 24.1 Å². The first-order valence-electron chi connectivity index (χ1n) is 15.3. The molecule has 234 valence electrons. The third-order valence-corrected chi connectivity index (χ3v) is 8.55. The Morgan fingerprint density at radius 1 is 0.957 bits per heavy atom. The molecule has 1 atom stereocenters. The number of nitrogen functional groups attached to an aromatic ring is 1. The molecule has 0 saturated carbocycles. The van der Waals surface area contributed by atoms with Crippen LogP contribution in [0.4, 0.5) is 15.9 Å². The number of rotatable bonds is 8. The molecule has 7 rings (SSSR count). The second-order valence-electron chi connectivity index (χ2n) is 11.7. The number of imide groups is 1. The van der Waals surface area contributed by atoms with Gasteiger partial charge in [0.15, 0.2) is 5.65 Å². The van der Waals surface area contributed by atoms with Crippen LogP contribution < -0.4 is 21.1 Å². The molecule has 2 amide bonds. The molecule has 0 aliphatic carbocycles. The monoisotopic (exact) mass is 620 g/mol. The van der Waals surface area contributed by atoms with E-state index in [4.69, 9.17) is 15.6 Å². The zero-order valence-corrected chi connectivity index (χ0v) is 25.0. The van der Waals surface area contributed by atoms with Crippen LogP contribution in [0.3, 0.4) is 0 Å². The van der Waals surface area contributed by atoms with E-state index in [1.807, 2.05) is 59.3 Å². The molecule has 46 heavy (non-hydrogen) atoms. The summed E-state index contributed by atoms with van der Waals surface area (Å²) in [5.74, 6) is 0.837. The molecule has 3 aromatic carbocycles. The number of ether oxygens (including phenoxy) is 1. The third kappa shape index (κ3) is 6.11. The summed E-state index contributed by atoms with van der Waals surface area (Å²) in [7, 11) is 0. The summed E-state index contributed by atoms with van der Waals surface area (Å²) >= 11 is 0. The summed E-state index contributed by atoms with van der Waals surface area (Å²) in [6, 6.07) is 21.8. The van der Waals surface area contributed by atoms with Gasteiger partial charge in [-0.05, 0) is 67.8 Å². The van der Waals surface area contributed by atoms with Crippen molar-refractivity contribution in [1.29, 1.82) is 0 Å². The van der Waals surface area contributed by atoms with E-state index in [1.54, 1.807) is 12.1 Å². The lowest BCUT2D eigenvalue weighted by Crippen LogP contribution is -2.47. The number of carbonyl (C=O) groups is 2. The van der Waals surface area contributed by atoms with Gasteiger partial charge >= 0.3 is 0 Å². The fourth-order valence-electron chi connectivity index (χ4n) is 6.12. The molecule has 4 heterocycles. The van der Waals surface area contributed by atoms with Gasteiger partial charge in [0.25, 0.3) is 0 Å². The largest absolute Gasteiger partial charge is 0.457 e. The lowest BCUT2D eigenvalue weighted by Gasteiger charge is -2.32. The summed E-state index contributed by atoms with van der Waals surface area (Å²) in [6.45, 7) is 1.97. The first-order valence-corrected chi connectivity index (χ1v) is 15.3. The molecule has 2 saturated heterocycles. The molecule has 11 nitrogen and oxygen atoms in total. The van der Waals surface area contributed by atoms with Gasteiger partial charge < -0.3 is 15.8 Å². The highest BCUT2D eigenvalue weighted by Gasteiger charge is 2.28. The van der Waals surface area contributed by atoms with Crippen LogP contribution in [-0.2, 0) is 16.1 Å². The van der Waals surface area contributed by atoms with Gasteiger partial charge in [-0.25, -0.2) is 19.0 Å². The molecule has 5 aromatic rings. The zero-order valence-electron chi connectivity index (χ0n) is 25.0. The molecule has 4 N–H and O–H groups in total. The Hall–Kier alpha value is -5.36. The van der Waals surface area contributed by atoms with Gasteiger partial charge in [0.1, 0.15) is 41.2 Å².